The van der Waals surface area contributed by atoms with Gasteiger partial charge in [-0.25, -0.2) is 9.18 Å². The van der Waals surface area contributed by atoms with Gasteiger partial charge in [0.1, 0.15) is 11.4 Å². The quantitative estimate of drug-likeness (QED) is 0.834. The number of amides is 1. The molecule has 0 saturated carbocycles. The molecular formula is C13H13BrFNO3. The van der Waals surface area contributed by atoms with Gasteiger partial charge >= 0.3 is 5.97 Å². The van der Waals surface area contributed by atoms with Crippen LogP contribution >= 0.6 is 15.9 Å². The average molecular weight is 330 g/mol. The predicted molar refractivity (Wildman–Crippen MR) is 73.0 cm³/mol. The summed E-state index contributed by atoms with van der Waals surface area (Å²) in [7, 11) is 0. The van der Waals surface area contributed by atoms with Gasteiger partial charge < -0.3 is 10.4 Å². The molecule has 0 heterocycles. The normalized spacial score (nSPS) is 11.6. The first-order valence-electron chi connectivity index (χ1n) is 5.41. The van der Waals surface area contributed by atoms with Crippen LogP contribution < -0.4 is 5.32 Å². The van der Waals surface area contributed by atoms with Crippen molar-refractivity contribution in [1.29, 1.82) is 0 Å². The van der Waals surface area contributed by atoms with E-state index in [0.717, 1.165) is 6.08 Å². The zero-order valence-corrected chi connectivity index (χ0v) is 12.0. The standard InChI is InChI=1S/C13H13BrFNO3/c1-13(2,12(18)19)16-11(17)6-3-8-7-9(14)4-5-10(8)15/h3-7H,1-2H3,(H,16,17)(H,18,19). The minimum atomic E-state index is -1.38. The van der Waals surface area contributed by atoms with Gasteiger partial charge in [-0.3, -0.25) is 4.79 Å². The minimum Gasteiger partial charge on any atom is -0.480 e. The highest BCUT2D eigenvalue weighted by atomic mass is 79.9. The summed E-state index contributed by atoms with van der Waals surface area (Å²) in [5, 5.41) is 11.2. The van der Waals surface area contributed by atoms with E-state index in [9.17, 15) is 14.0 Å². The molecule has 0 atom stereocenters. The summed E-state index contributed by atoms with van der Waals surface area (Å²) in [6, 6.07) is 4.32. The van der Waals surface area contributed by atoms with Crippen LogP contribution in [-0.4, -0.2) is 22.5 Å². The van der Waals surface area contributed by atoms with Crippen LogP contribution in [-0.2, 0) is 9.59 Å². The first-order chi connectivity index (χ1) is 8.72. The second kappa shape index (κ2) is 5.97. The number of rotatable bonds is 4. The summed E-state index contributed by atoms with van der Waals surface area (Å²) in [5.41, 5.74) is -1.14. The van der Waals surface area contributed by atoms with Gasteiger partial charge in [0.25, 0.3) is 0 Å². The molecule has 1 amide bonds. The van der Waals surface area contributed by atoms with Crippen LogP contribution in [0, 0.1) is 5.82 Å². The van der Waals surface area contributed by atoms with E-state index >= 15 is 0 Å². The Morgan fingerprint density at radius 1 is 1.42 bits per heavy atom. The first-order valence-corrected chi connectivity index (χ1v) is 6.20. The molecule has 19 heavy (non-hydrogen) atoms. The summed E-state index contributed by atoms with van der Waals surface area (Å²) in [5.74, 6) is -2.22. The van der Waals surface area contributed by atoms with Gasteiger partial charge in [0.05, 0.1) is 0 Å². The molecule has 1 aromatic rings. The van der Waals surface area contributed by atoms with Crippen molar-refractivity contribution >= 4 is 33.9 Å². The Morgan fingerprint density at radius 3 is 2.63 bits per heavy atom. The summed E-state index contributed by atoms with van der Waals surface area (Å²) in [6.45, 7) is 2.72. The lowest BCUT2D eigenvalue weighted by atomic mass is 10.1. The average Bonchev–Trinajstić information content (AvgIpc) is 2.29. The maximum atomic E-state index is 13.4. The molecule has 0 spiro atoms. The molecule has 1 rings (SSSR count). The van der Waals surface area contributed by atoms with Crippen LogP contribution in [0.1, 0.15) is 19.4 Å². The molecule has 0 fully saturated rings. The molecule has 0 aromatic heterocycles. The van der Waals surface area contributed by atoms with E-state index in [1.54, 1.807) is 6.07 Å². The first kappa shape index (κ1) is 15.4. The van der Waals surface area contributed by atoms with Gasteiger partial charge in [0.2, 0.25) is 5.91 Å². The lowest BCUT2D eigenvalue weighted by Crippen LogP contribution is -2.49. The molecule has 0 aliphatic heterocycles. The number of carbonyl (C=O) groups is 2. The second-order valence-electron chi connectivity index (χ2n) is 4.42. The SMILES string of the molecule is CC(C)(NC(=O)C=Cc1cc(Br)ccc1F)C(=O)O. The van der Waals surface area contributed by atoms with Crippen LogP contribution in [0.15, 0.2) is 28.7 Å². The maximum absolute atomic E-state index is 13.4. The topological polar surface area (TPSA) is 66.4 Å². The highest BCUT2D eigenvalue weighted by Gasteiger charge is 2.27. The number of halogens is 2. The van der Waals surface area contributed by atoms with Gasteiger partial charge in [0, 0.05) is 16.1 Å². The summed E-state index contributed by atoms with van der Waals surface area (Å²) >= 11 is 3.19. The summed E-state index contributed by atoms with van der Waals surface area (Å²) in [6.07, 6.45) is 2.38. The number of carboxylic acids is 1. The van der Waals surface area contributed by atoms with E-state index in [1.165, 1.54) is 32.1 Å². The molecule has 0 saturated heterocycles. The number of hydrogen-bond donors (Lipinski definition) is 2. The van der Waals surface area contributed by atoms with Crippen molar-refractivity contribution in [2.45, 2.75) is 19.4 Å². The van der Waals surface area contributed by atoms with Gasteiger partial charge in [0.15, 0.2) is 0 Å². The number of aliphatic carboxylic acids is 1. The van der Waals surface area contributed by atoms with Crippen LogP contribution in [0.25, 0.3) is 6.08 Å². The van der Waals surface area contributed by atoms with Crippen molar-refractivity contribution in [2.75, 3.05) is 0 Å². The number of carboxylic acid groups (broad SMARTS) is 1. The molecule has 0 aliphatic rings. The van der Waals surface area contributed by atoms with Gasteiger partial charge in [-0.1, -0.05) is 15.9 Å². The number of hydrogen-bond acceptors (Lipinski definition) is 2. The highest BCUT2D eigenvalue weighted by Crippen LogP contribution is 2.16. The smallest absolute Gasteiger partial charge is 0.328 e. The number of benzene rings is 1. The fourth-order valence-electron chi connectivity index (χ4n) is 1.21. The fourth-order valence-corrected chi connectivity index (χ4v) is 1.59. The Hall–Kier alpha value is -1.69. The van der Waals surface area contributed by atoms with E-state index in [4.69, 9.17) is 5.11 Å². The number of nitrogens with one attached hydrogen (secondary N) is 1. The highest BCUT2D eigenvalue weighted by molar-refractivity contribution is 9.10. The van der Waals surface area contributed by atoms with Crippen molar-refractivity contribution in [2.24, 2.45) is 0 Å². The van der Waals surface area contributed by atoms with E-state index in [0.29, 0.717) is 4.47 Å². The predicted octanol–water partition coefficient (Wildman–Crippen LogP) is 2.58. The van der Waals surface area contributed by atoms with E-state index in [1.807, 2.05) is 0 Å². The van der Waals surface area contributed by atoms with Gasteiger partial charge in [-0.2, -0.15) is 0 Å². The maximum Gasteiger partial charge on any atom is 0.328 e. The van der Waals surface area contributed by atoms with Crippen molar-refractivity contribution in [3.63, 3.8) is 0 Å². The van der Waals surface area contributed by atoms with Crippen LogP contribution in [0.4, 0.5) is 4.39 Å². The zero-order chi connectivity index (χ0) is 14.6. The third kappa shape index (κ3) is 4.48. The minimum absolute atomic E-state index is 0.234. The lowest BCUT2D eigenvalue weighted by molar-refractivity contribution is -0.145. The molecule has 1 aromatic carbocycles. The molecule has 4 nitrogen and oxygen atoms in total. The Morgan fingerprint density at radius 2 is 2.05 bits per heavy atom. The van der Waals surface area contributed by atoms with Gasteiger partial charge in [-0.15, -0.1) is 0 Å². The Labute approximate surface area is 118 Å². The largest absolute Gasteiger partial charge is 0.480 e. The van der Waals surface area contributed by atoms with Crippen molar-refractivity contribution in [3.8, 4) is 0 Å². The van der Waals surface area contributed by atoms with E-state index in [2.05, 4.69) is 21.2 Å². The van der Waals surface area contributed by atoms with E-state index in [-0.39, 0.29) is 5.56 Å². The van der Waals surface area contributed by atoms with Crippen molar-refractivity contribution in [3.05, 3.63) is 40.1 Å². The summed E-state index contributed by atoms with van der Waals surface area (Å²) < 4.78 is 14.1. The number of carbonyl (C=O) groups excluding carboxylic acids is 1. The fraction of sp³-hybridized carbons (Fsp3) is 0.231. The van der Waals surface area contributed by atoms with E-state index < -0.39 is 23.2 Å². The molecule has 102 valence electrons. The molecule has 6 heteroatoms. The molecule has 0 aliphatic carbocycles. The molecule has 0 bridgehead atoms. The third-order valence-corrected chi connectivity index (χ3v) is 2.84. The van der Waals surface area contributed by atoms with Crippen molar-refractivity contribution < 1.29 is 19.1 Å². The Balaban J connectivity index is 2.79. The Kier molecular flexibility index (Phi) is 4.83. The van der Waals surface area contributed by atoms with Crippen molar-refractivity contribution in [1.82, 2.24) is 5.32 Å². The zero-order valence-electron chi connectivity index (χ0n) is 10.4. The van der Waals surface area contributed by atoms with Gasteiger partial charge in [-0.05, 0) is 38.1 Å². The molecule has 0 unspecified atom stereocenters. The lowest BCUT2D eigenvalue weighted by Gasteiger charge is -2.19. The Bertz CT molecular complexity index is 541. The third-order valence-electron chi connectivity index (χ3n) is 2.34. The second-order valence-corrected chi connectivity index (χ2v) is 5.33. The van der Waals surface area contributed by atoms with Crippen LogP contribution in [0.5, 0.6) is 0 Å². The molecule has 0 radical (unpaired) electrons. The van der Waals surface area contributed by atoms with Crippen LogP contribution in [0.3, 0.4) is 0 Å². The molecular weight excluding hydrogens is 317 g/mol. The molecule has 2 N–H and O–H groups in total. The van der Waals surface area contributed by atoms with Crippen LogP contribution in [0.2, 0.25) is 0 Å². The monoisotopic (exact) mass is 329 g/mol. The summed E-state index contributed by atoms with van der Waals surface area (Å²) in [4.78, 5) is 22.4.